The first kappa shape index (κ1) is 24.9. The Kier molecular flexibility index (Phi) is 8.01. The molecule has 0 spiro atoms. The Morgan fingerprint density at radius 1 is 1.22 bits per heavy atom. The van der Waals surface area contributed by atoms with Gasteiger partial charge in [-0.25, -0.2) is 4.39 Å². The molecule has 0 aliphatic carbocycles. The van der Waals surface area contributed by atoms with Crippen LogP contribution in [0.5, 0.6) is 5.75 Å². The Hall–Kier alpha value is -3.37. The number of nitrogens with zero attached hydrogens (tertiary/aromatic N) is 2. The summed E-state index contributed by atoms with van der Waals surface area (Å²) < 4.78 is 54.2. The molecule has 0 saturated carbocycles. The summed E-state index contributed by atoms with van der Waals surface area (Å²) in [4.78, 5) is 25.1. The number of amides is 1. The minimum atomic E-state index is -4.84. The molecular formula is C21H23F4N3O4. The van der Waals surface area contributed by atoms with Crippen molar-refractivity contribution in [3.63, 3.8) is 0 Å². The van der Waals surface area contributed by atoms with Crippen molar-refractivity contribution < 1.29 is 32.0 Å². The van der Waals surface area contributed by atoms with Crippen molar-refractivity contribution in [1.82, 2.24) is 0 Å². The molecule has 2 aromatic rings. The van der Waals surface area contributed by atoms with Gasteiger partial charge in [0, 0.05) is 30.4 Å². The number of halogens is 4. The van der Waals surface area contributed by atoms with E-state index >= 15 is 0 Å². The topological polar surface area (TPSA) is 84.7 Å². The number of nitro benzene ring substituents is 1. The van der Waals surface area contributed by atoms with Crippen LogP contribution in [0.3, 0.4) is 0 Å². The lowest BCUT2D eigenvalue weighted by molar-refractivity contribution is -0.385. The zero-order valence-corrected chi connectivity index (χ0v) is 17.7. The van der Waals surface area contributed by atoms with Crippen LogP contribution in [0.4, 0.5) is 34.6 Å². The fourth-order valence-electron chi connectivity index (χ4n) is 3.20. The predicted molar refractivity (Wildman–Crippen MR) is 112 cm³/mol. The third-order valence-electron chi connectivity index (χ3n) is 4.57. The lowest BCUT2D eigenvalue weighted by Crippen LogP contribution is -2.24. The van der Waals surface area contributed by atoms with Crippen molar-refractivity contribution in [2.24, 2.45) is 0 Å². The van der Waals surface area contributed by atoms with Crippen LogP contribution in [0.2, 0.25) is 0 Å². The lowest BCUT2D eigenvalue weighted by atomic mass is 10.1. The minimum Gasteiger partial charge on any atom is -0.406 e. The molecule has 1 fully saturated rings. The quantitative estimate of drug-likeness (QED) is 0.357. The highest BCUT2D eigenvalue weighted by molar-refractivity contribution is 6.08. The van der Waals surface area contributed by atoms with Crippen molar-refractivity contribution in [2.75, 3.05) is 23.3 Å². The molecule has 0 bridgehead atoms. The molecule has 11 heteroatoms. The highest BCUT2D eigenvalue weighted by Crippen LogP contribution is 2.33. The number of carbonyl (C=O) groups excluding carboxylic acids is 1. The molecule has 1 atom stereocenters. The summed E-state index contributed by atoms with van der Waals surface area (Å²) in [6.45, 7) is 5.93. The molecule has 1 unspecified atom stereocenters. The van der Waals surface area contributed by atoms with Crippen LogP contribution < -0.4 is 15.0 Å². The SMILES string of the molecule is CC.Cc1cc(N2CCC(F)C2)c(C(=O)Nc2ccc(OC(F)(F)F)cc2)cc1[N+](=O)[O-]. The summed E-state index contributed by atoms with van der Waals surface area (Å²) in [5.74, 6) is -1.17. The molecule has 1 amide bonds. The van der Waals surface area contributed by atoms with Crippen molar-refractivity contribution in [2.45, 2.75) is 39.7 Å². The standard InChI is InChI=1S/C19H17F4N3O4.C2H6/c1-11-8-17(25-7-6-12(20)10-25)15(9-16(11)26(28)29)18(27)24-13-2-4-14(5-3-13)30-19(21,22)23;1-2/h2-5,8-9,12H,6-7,10H2,1H3,(H,24,27);1-2H3. The second kappa shape index (κ2) is 10.3. The van der Waals surface area contributed by atoms with Gasteiger partial charge in [-0.3, -0.25) is 14.9 Å². The van der Waals surface area contributed by atoms with Crippen LogP contribution in [0, 0.1) is 17.0 Å². The molecule has 1 N–H and O–H groups in total. The summed E-state index contributed by atoms with van der Waals surface area (Å²) in [6, 6.07) is 7.03. The van der Waals surface area contributed by atoms with Crippen LogP contribution in [0.15, 0.2) is 36.4 Å². The number of benzene rings is 2. The molecule has 0 radical (unpaired) electrons. The maximum absolute atomic E-state index is 13.7. The normalized spacial score (nSPS) is 15.6. The zero-order chi connectivity index (χ0) is 24.1. The third-order valence-corrected chi connectivity index (χ3v) is 4.57. The number of hydrogen-bond donors (Lipinski definition) is 1. The Morgan fingerprint density at radius 2 is 1.84 bits per heavy atom. The van der Waals surface area contributed by atoms with E-state index in [1.54, 1.807) is 4.90 Å². The number of ether oxygens (including phenoxy) is 1. The molecule has 32 heavy (non-hydrogen) atoms. The maximum atomic E-state index is 13.7. The predicted octanol–water partition coefficient (Wildman–Crippen LogP) is 5.63. The van der Waals surface area contributed by atoms with Gasteiger partial charge < -0.3 is 15.0 Å². The van der Waals surface area contributed by atoms with Crippen molar-refractivity contribution in [3.05, 3.63) is 57.6 Å². The van der Waals surface area contributed by atoms with E-state index in [1.807, 2.05) is 13.8 Å². The van der Waals surface area contributed by atoms with Gasteiger partial charge in [0.1, 0.15) is 11.9 Å². The van der Waals surface area contributed by atoms with Gasteiger partial charge in [0.05, 0.1) is 16.2 Å². The summed E-state index contributed by atoms with van der Waals surface area (Å²) in [5.41, 5.74) is 0.537. The number of anilines is 2. The number of carbonyl (C=O) groups is 1. The monoisotopic (exact) mass is 457 g/mol. The van der Waals surface area contributed by atoms with Gasteiger partial charge in [-0.05, 0) is 43.7 Å². The largest absolute Gasteiger partial charge is 0.573 e. The average Bonchev–Trinajstić information content (AvgIpc) is 3.15. The molecular weight excluding hydrogens is 434 g/mol. The van der Waals surface area contributed by atoms with E-state index in [-0.39, 0.29) is 29.9 Å². The van der Waals surface area contributed by atoms with Crippen LogP contribution in [0.25, 0.3) is 0 Å². The van der Waals surface area contributed by atoms with Gasteiger partial charge in [-0.1, -0.05) is 13.8 Å². The van der Waals surface area contributed by atoms with Crippen molar-refractivity contribution >= 4 is 23.0 Å². The molecule has 3 rings (SSSR count). The van der Waals surface area contributed by atoms with Gasteiger partial charge in [-0.2, -0.15) is 0 Å². The Morgan fingerprint density at radius 3 is 2.34 bits per heavy atom. The number of rotatable bonds is 5. The number of alkyl halides is 4. The van der Waals surface area contributed by atoms with E-state index in [4.69, 9.17) is 0 Å². The minimum absolute atomic E-state index is 0.0305. The number of nitrogens with one attached hydrogen (secondary N) is 1. The van der Waals surface area contributed by atoms with Crippen molar-refractivity contribution in [3.8, 4) is 5.75 Å². The summed E-state index contributed by atoms with van der Waals surface area (Å²) >= 11 is 0. The zero-order valence-electron chi connectivity index (χ0n) is 17.7. The van der Waals surface area contributed by atoms with Gasteiger partial charge in [0.2, 0.25) is 0 Å². The van der Waals surface area contributed by atoms with Gasteiger partial charge in [0.15, 0.2) is 0 Å². The Bertz CT molecular complexity index is 965. The second-order valence-electron chi connectivity index (χ2n) is 6.77. The first-order chi connectivity index (χ1) is 15.0. The van der Waals surface area contributed by atoms with Crippen LogP contribution in [-0.2, 0) is 0 Å². The van der Waals surface area contributed by atoms with E-state index in [9.17, 15) is 32.5 Å². The van der Waals surface area contributed by atoms with Gasteiger partial charge >= 0.3 is 6.36 Å². The molecule has 2 aromatic carbocycles. The number of hydrogen-bond acceptors (Lipinski definition) is 5. The second-order valence-corrected chi connectivity index (χ2v) is 6.77. The average molecular weight is 457 g/mol. The van der Waals surface area contributed by atoms with E-state index in [0.29, 0.717) is 17.8 Å². The summed E-state index contributed by atoms with van der Waals surface area (Å²) in [6.07, 6.45) is -5.64. The number of nitro groups is 1. The van der Waals surface area contributed by atoms with Crippen molar-refractivity contribution in [1.29, 1.82) is 0 Å². The first-order valence-corrected chi connectivity index (χ1v) is 9.88. The van der Waals surface area contributed by atoms with E-state index < -0.39 is 29.1 Å². The fourth-order valence-corrected chi connectivity index (χ4v) is 3.20. The van der Waals surface area contributed by atoms with E-state index in [0.717, 1.165) is 18.2 Å². The molecule has 1 aliphatic rings. The van der Waals surface area contributed by atoms with Gasteiger partial charge in [-0.15, -0.1) is 13.2 Å². The van der Waals surface area contributed by atoms with E-state index in [1.165, 1.54) is 25.1 Å². The van der Waals surface area contributed by atoms with E-state index in [2.05, 4.69) is 10.1 Å². The van der Waals surface area contributed by atoms with Gasteiger partial charge in [0.25, 0.3) is 11.6 Å². The highest BCUT2D eigenvalue weighted by atomic mass is 19.4. The van der Waals surface area contributed by atoms with Crippen LogP contribution >= 0.6 is 0 Å². The third kappa shape index (κ3) is 6.32. The molecule has 1 saturated heterocycles. The molecule has 1 heterocycles. The fraction of sp³-hybridized carbons (Fsp3) is 0.381. The molecule has 174 valence electrons. The summed E-state index contributed by atoms with van der Waals surface area (Å²) in [5, 5.41) is 13.8. The molecule has 1 aliphatic heterocycles. The summed E-state index contributed by atoms with van der Waals surface area (Å²) in [7, 11) is 0. The maximum Gasteiger partial charge on any atom is 0.573 e. The molecule has 0 aromatic heterocycles. The highest BCUT2D eigenvalue weighted by Gasteiger charge is 2.31. The first-order valence-electron chi connectivity index (χ1n) is 9.88. The lowest BCUT2D eigenvalue weighted by Gasteiger charge is -2.21. The molecule has 7 nitrogen and oxygen atoms in total. The smallest absolute Gasteiger partial charge is 0.406 e. The Balaban J connectivity index is 0.00000176. The van der Waals surface area contributed by atoms with Crippen LogP contribution in [0.1, 0.15) is 36.2 Å². The number of aryl methyl sites for hydroxylation is 1. The van der Waals surface area contributed by atoms with Crippen LogP contribution in [-0.4, -0.2) is 36.5 Å². The Labute approximate surface area is 182 Å².